The van der Waals surface area contributed by atoms with Crippen molar-refractivity contribution in [1.29, 1.82) is 0 Å². The molecule has 0 fully saturated rings. The monoisotopic (exact) mass is 460 g/mol. The van der Waals surface area contributed by atoms with Gasteiger partial charge < -0.3 is 10.6 Å². The Morgan fingerprint density at radius 1 is 0.969 bits per heavy atom. The Balaban J connectivity index is 2.03. The van der Waals surface area contributed by atoms with Gasteiger partial charge >= 0.3 is 0 Å². The van der Waals surface area contributed by atoms with E-state index >= 15 is 0 Å². The van der Waals surface area contributed by atoms with Crippen LogP contribution in [0.4, 0.5) is 5.69 Å². The zero-order chi connectivity index (χ0) is 23.7. The number of nitrogens with one attached hydrogen (secondary N) is 3. The molecule has 9 heteroatoms. The number of likely N-dealkylation sites (N-methyl/N-ethyl adjacent to an activating group) is 1. The fourth-order valence-electron chi connectivity index (χ4n) is 3.42. The Morgan fingerprint density at radius 2 is 1.56 bits per heavy atom. The molecule has 0 heterocycles. The van der Waals surface area contributed by atoms with Crippen LogP contribution in [0.2, 0.25) is 0 Å². The minimum absolute atomic E-state index is 0.0107. The lowest BCUT2D eigenvalue weighted by Gasteiger charge is -2.30. The Labute approximate surface area is 190 Å². The summed E-state index contributed by atoms with van der Waals surface area (Å²) in [5.74, 6) is -0.654. The van der Waals surface area contributed by atoms with Gasteiger partial charge in [-0.3, -0.25) is 14.5 Å². The number of benzene rings is 2. The molecule has 174 valence electrons. The maximum atomic E-state index is 12.7. The SMILES string of the molecule is CCN(CC)C(CNC(=O)[C@H](C)NS(=O)(=O)c1ccc(NC(C)=O)cc1)c1ccccc1. The van der Waals surface area contributed by atoms with Gasteiger partial charge in [0.25, 0.3) is 0 Å². The lowest BCUT2D eigenvalue weighted by molar-refractivity contribution is -0.122. The van der Waals surface area contributed by atoms with Crippen LogP contribution in [-0.4, -0.2) is 50.8 Å². The van der Waals surface area contributed by atoms with E-state index < -0.39 is 22.0 Å². The second kappa shape index (κ2) is 11.8. The summed E-state index contributed by atoms with van der Waals surface area (Å²) in [4.78, 5) is 26.0. The molecule has 0 aliphatic carbocycles. The summed E-state index contributed by atoms with van der Waals surface area (Å²) in [6, 6.07) is 14.7. The molecule has 0 aliphatic heterocycles. The van der Waals surface area contributed by atoms with Gasteiger partial charge in [0.1, 0.15) is 0 Å². The lowest BCUT2D eigenvalue weighted by Crippen LogP contribution is -2.47. The van der Waals surface area contributed by atoms with Crippen LogP contribution < -0.4 is 15.4 Å². The number of hydrogen-bond acceptors (Lipinski definition) is 5. The number of anilines is 1. The first-order valence-electron chi connectivity index (χ1n) is 10.6. The van der Waals surface area contributed by atoms with Crippen LogP contribution >= 0.6 is 0 Å². The smallest absolute Gasteiger partial charge is 0.241 e. The Morgan fingerprint density at radius 3 is 2.09 bits per heavy atom. The molecule has 2 aromatic carbocycles. The summed E-state index contributed by atoms with van der Waals surface area (Å²) in [6.07, 6.45) is 0. The number of hydrogen-bond donors (Lipinski definition) is 3. The number of nitrogens with zero attached hydrogens (tertiary/aromatic N) is 1. The zero-order valence-corrected chi connectivity index (χ0v) is 19.8. The fraction of sp³-hybridized carbons (Fsp3) is 0.391. The van der Waals surface area contributed by atoms with Crippen LogP contribution in [0.25, 0.3) is 0 Å². The van der Waals surface area contributed by atoms with E-state index in [1.54, 1.807) is 0 Å². The molecule has 1 unspecified atom stereocenters. The molecule has 0 aromatic heterocycles. The fourth-order valence-corrected chi connectivity index (χ4v) is 4.63. The van der Waals surface area contributed by atoms with E-state index in [0.29, 0.717) is 12.2 Å². The zero-order valence-electron chi connectivity index (χ0n) is 19.0. The Hall–Kier alpha value is -2.75. The first-order chi connectivity index (χ1) is 15.2. The van der Waals surface area contributed by atoms with Gasteiger partial charge in [0, 0.05) is 19.2 Å². The van der Waals surface area contributed by atoms with Crippen LogP contribution in [0, 0.1) is 0 Å². The van der Waals surface area contributed by atoms with Gasteiger partial charge in [0.05, 0.1) is 17.0 Å². The lowest BCUT2D eigenvalue weighted by atomic mass is 10.0. The van der Waals surface area contributed by atoms with Crippen molar-refractivity contribution in [3.8, 4) is 0 Å². The highest BCUT2D eigenvalue weighted by atomic mass is 32.2. The average molecular weight is 461 g/mol. The predicted octanol–water partition coefficient (Wildman–Crippen LogP) is 2.51. The molecule has 0 saturated heterocycles. The van der Waals surface area contributed by atoms with E-state index in [2.05, 4.69) is 34.1 Å². The molecular formula is C23H32N4O4S. The van der Waals surface area contributed by atoms with Crippen molar-refractivity contribution in [3.63, 3.8) is 0 Å². The van der Waals surface area contributed by atoms with Crippen molar-refractivity contribution >= 4 is 27.5 Å². The van der Waals surface area contributed by atoms with E-state index in [4.69, 9.17) is 0 Å². The van der Waals surface area contributed by atoms with Crippen molar-refractivity contribution in [2.24, 2.45) is 0 Å². The third-order valence-corrected chi connectivity index (χ3v) is 6.67. The van der Waals surface area contributed by atoms with Crippen molar-refractivity contribution in [1.82, 2.24) is 14.9 Å². The van der Waals surface area contributed by atoms with Crippen molar-refractivity contribution < 1.29 is 18.0 Å². The van der Waals surface area contributed by atoms with E-state index in [9.17, 15) is 18.0 Å². The van der Waals surface area contributed by atoms with Gasteiger partial charge in [0.15, 0.2) is 0 Å². The molecule has 8 nitrogen and oxygen atoms in total. The van der Waals surface area contributed by atoms with Crippen LogP contribution in [0.5, 0.6) is 0 Å². The summed E-state index contributed by atoms with van der Waals surface area (Å²) in [6.45, 7) is 9.01. The second-order valence-corrected chi connectivity index (χ2v) is 9.16. The highest BCUT2D eigenvalue weighted by Crippen LogP contribution is 2.19. The van der Waals surface area contributed by atoms with Gasteiger partial charge in [-0.1, -0.05) is 44.2 Å². The molecule has 2 atom stereocenters. The summed E-state index contributed by atoms with van der Waals surface area (Å²) in [5, 5.41) is 5.46. The quantitative estimate of drug-likeness (QED) is 0.478. The predicted molar refractivity (Wildman–Crippen MR) is 126 cm³/mol. The third-order valence-electron chi connectivity index (χ3n) is 5.12. The van der Waals surface area contributed by atoms with Crippen LogP contribution in [0.3, 0.4) is 0 Å². The van der Waals surface area contributed by atoms with Crippen molar-refractivity contribution in [2.45, 2.75) is 44.7 Å². The maximum Gasteiger partial charge on any atom is 0.241 e. The van der Waals surface area contributed by atoms with E-state index in [1.807, 2.05) is 30.3 Å². The van der Waals surface area contributed by atoms with Gasteiger partial charge in [-0.2, -0.15) is 4.72 Å². The first-order valence-corrected chi connectivity index (χ1v) is 12.1. The highest BCUT2D eigenvalue weighted by Gasteiger charge is 2.24. The van der Waals surface area contributed by atoms with Crippen LogP contribution in [0.15, 0.2) is 59.5 Å². The molecule has 2 aromatic rings. The topological polar surface area (TPSA) is 108 Å². The Kier molecular flexibility index (Phi) is 9.37. The minimum Gasteiger partial charge on any atom is -0.353 e. The normalized spacial score (nSPS) is 13.4. The van der Waals surface area contributed by atoms with Gasteiger partial charge in [0.2, 0.25) is 21.8 Å². The molecule has 2 rings (SSSR count). The first kappa shape index (κ1) is 25.5. The largest absolute Gasteiger partial charge is 0.353 e. The molecule has 0 radical (unpaired) electrons. The van der Waals surface area contributed by atoms with Crippen molar-refractivity contribution in [2.75, 3.05) is 25.0 Å². The van der Waals surface area contributed by atoms with E-state index in [-0.39, 0.29) is 16.8 Å². The summed E-state index contributed by atoms with van der Waals surface area (Å²) in [5.41, 5.74) is 1.58. The summed E-state index contributed by atoms with van der Waals surface area (Å²) < 4.78 is 27.7. The molecule has 32 heavy (non-hydrogen) atoms. The highest BCUT2D eigenvalue weighted by molar-refractivity contribution is 7.89. The van der Waals surface area contributed by atoms with E-state index in [1.165, 1.54) is 38.1 Å². The molecule has 0 bridgehead atoms. The number of carbonyl (C=O) groups excluding carboxylic acids is 2. The number of rotatable bonds is 11. The number of amides is 2. The number of sulfonamides is 1. The maximum absolute atomic E-state index is 12.7. The van der Waals surface area contributed by atoms with Crippen LogP contribution in [0.1, 0.15) is 39.3 Å². The molecule has 3 N–H and O–H groups in total. The van der Waals surface area contributed by atoms with Crippen LogP contribution in [-0.2, 0) is 19.6 Å². The summed E-state index contributed by atoms with van der Waals surface area (Å²) in [7, 11) is -3.90. The number of carbonyl (C=O) groups is 2. The molecule has 0 saturated carbocycles. The Bertz CT molecular complexity index is 990. The van der Waals surface area contributed by atoms with Gasteiger partial charge in [-0.15, -0.1) is 0 Å². The van der Waals surface area contributed by atoms with Gasteiger partial charge in [-0.25, -0.2) is 8.42 Å². The van der Waals surface area contributed by atoms with Gasteiger partial charge in [-0.05, 0) is 49.8 Å². The van der Waals surface area contributed by atoms with Crippen molar-refractivity contribution in [3.05, 3.63) is 60.2 Å². The summed E-state index contributed by atoms with van der Waals surface area (Å²) >= 11 is 0. The molecule has 0 aliphatic rings. The third kappa shape index (κ3) is 7.15. The average Bonchev–Trinajstić information content (AvgIpc) is 2.76. The standard InChI is InChI=1S/C23H32N4O4S/c1-5-27(6-2)22(19-10-8-7-9-11-19)16-24-23(29)17(3)26-32(30,31)21-14-12-20(13-15-21)25-18(4)28/h7-15,17,22,26H,5-6,16H2,1-4H3,(H,24,29)(H,25,28)/t17-,22?/m0/s1. The minimum atomic E-state index is -3.90. The van der Waals surface area contributed by atoms with E-state index in [0.717, 1.165) is 18.7 Å². The molecule has 2 amide bonds. The second-order valence-electron chi connectivity index (χ2n) is 7.44. The molecule has 0 spiro atoms. The molecular weight excluding hydrogens is 428 g/mol.